The van der Waals surface area contributed by atoms with Crippen molar-refractivity contribution in [2.24, 2.45) is 0 Å². The summed E-state index contributed by atoms with van der Waals surface area (Å²) in [6.45, 7) is 1.52. The van der Waals surface area contributed by atoms with Gasteiger partial charge in [-0.2, -0.15) is 0 Å². The lowest BCUT2D eigenvalue weighted by Gasteiger charge is -2.10. The fourth-order valence-corrected chi connectivity index (χ4v) is 2.84. The molecule has 0 radical (unpaired) electrons. The van der Waals surface area contributed by atoms with Gasteiger partial charge in [0.1, 0.15) is 12.3 Å². The fourth-order valence-electron chi connectivity index (χ4n) is 2.84. The van der Waals surface area contributed by atoms with Crippen molar-refractivity contribution >= 4 is 16.7 Å². The zero-order chi connectivity index (χ0) is 18.4. The van der Waals surface area contributed by atoms with Crippen LogP contribution in [0.25, 0.3) is 10.8 Å². The molecule has 0 fully saturated rings. The molecule has 0 heterocycles. The molecule has 0 aromatic heterocycles. The Balaban J connectivity index is 1.47. The number of nitrogens with one attached hydrogen (secondary N) is 2. The predicted octanol–water partition coefficient (Wildman–Crippen LogP) is 2.18. The first-order valence-electron chi connectivity index (χ1n) is 8.85. The van der Waals surface area contributed by atoms with Crippen molar-refractivity contribution in [2.75, 3.05) is 20.7 Å². The van der Waals surface area contributed by atoms with Crippen LogP contribution in [0.15, 0.2) is 66.7 Å². The number of rotatable bonds is 7. The molecule has 0 aliphatic rings. The van der Waals surface area contributed by atoms with Crippen LogP contribution in [0, 0.1) is 0 Å². The Kier molecular flexibility index (Phi) is 5.87. The number of amides is 1. The Morgan fingerprint density at radius 3 is 2.35 bits per heavy atom. The van der Waals surface area contributed by atoms with E-state index >= 15 is 0 Å². The van der Waals surface area contributed by atoms with Crippen LogP contribution in [0.1, 0.15) is 11.1 Å². The molecule has 3 aromatic rings. The summed E-state index contributed by atoms with van der Waals surface area (Å²) >= 11 is 0. The third-order valence-corrected chi connectivity index (χ3v) is 4.16. The van der Waals surface area contributed by atoms with E-state index in [0.29, 0.717) is 12.3 Å². The normalized spacial score (nSPS) is 10.9. The van der Waals surface area contributed by atoms with Crippen molar-refractivity contribution in [1.82, 2.24) is 5.32 Å². The minimum absolute atomic E-state index is 0.0143. The van der Waals surface area contributed by atoms with Gasteiger partial charge in [-0.05, 0) is 28.5 Å². The first kappa shape index (κ1) is 18.0. The monoisotopic (exact) mass is 349 g/mol. The molecule has 4 nitrogen and oxygen atoms in total. The van der Waals surface area contributed by atoms with Gasteiger partial charge in [-0.15, -0.1) is 0 Å². The molecule has 0 saturated carbocycles. The van der Waals surface area contributed by atoms with E-state index in [4.69, 9.17) is 4.74 Å². The van der Waals surface area contributed by atoms with Gasteiger partial charge in [-0.25, -0.2) is 0 Å². The second-order valence-corrected chi connectivity index (χ2v) is 6.77. The Labute approximate surface area is 154 Å². The van der Waals surface area contributed by atoms with Crippen LogP contribution in [0.4, 0.5) is 0 Å². The van der Waals surface area contributed by atoms with Crippen LogP contribution in [0.2, 0.25) is 0 Å². The number of fused-ring (bicyclic) bond motifs is 1. The van der Waals surface area contributed by atoms with E-state index in [1.807, 2.05) is 36.4 Å². The summed E-state index contributed by atoms with van der Waals surface area (Å²) in [7, 11) is 4.26. The topological polar surface area (TPSA) is 42.8 Å². The summed E-state index contributed by atoms with van der Waals surface area (Å²) < 4.78 is 5.61. The highest BCUT2D eigenvalue weighted by molar-refractivity contribution is 5.84. The number of hydrogen-bond donors (Lipinski definition) is 2. The molecule has 4 heteroatoms. The summed E-state index contributed by atoms with van der Waals surface area (Å²) in [6, 6.07) is 22.3. The van der Waals surface area contributed by atoms with Gasteiger partial charge in [-0.3, -0.25) is 4.79 Å². The molecular formula is C22H25N2O2+. The van der Waals surface area contributed by atoms with E-state index in [0.717, 1.165) is 22.9 Å². The standard InChI is InChI=1S/C22H24N2O2/c1-24(2)15-18-9-7-17(8-10-18)14-23-22(25)16-26-21-12-11-19-5-3-4-6-20(19)13-21/h3-13H,14-16H2,1-2H3,(H,23,25)/p+1. The van der Waals surface area contributed by atoms with Crippen molar-refractivity contribution in [2.45, 2.75) is 13.1 Å². The molecule has 134 valence electrons. The maximum Gasteiger partial charge on any atom is 0.258 e. The molecule has 2 N–H and O–H groups in total. The molecule has 0 aliphatic carbocycles. The third-order valence-electron chi connectivity index (χ3n) is 4.16. The highest BCUT2D eigenvalue weighted by atomic mass is 16.5. The van der Waals surface area contributed by atoms with Crippen molar-refractivity contribution in [3.63, 3.8) is 0 Å². The lowest BCUT2D eigenvalue weighted by atomic mass is 10.1. The lowest BCUT2D eigenvalue weighted by Crippen LogP contribution is -3.04. The number of benzene rings is 3. The van der Waals surface area contributed by atoms with Gasteiger partial charge in [0, 0.05) is 12.1 Å². The molecule has 0 bridgehead atoms. The summed E-state index contributed by atoms with van der Waals surface area (Å²) in [6.07, 6.45) is 0. The van der Waals surface area contributed by atoms with Gasteiger partial charge in [0.25, 0.3) is 5.91 Å². The zero-order valence-electron chi connectivity index (χ0n) is 15.3. The van der Waals surface area contributed by atoms with Crippen LogP contribution in [0.5, 0.6) is 5.75 Å². The van der Waals surface area contributed by atoms with E-state index in [1.165, 1.54) is 10.5 Å². The average Bonchev–Trinajstić information content (AvgIpc) is 2.65. The minimum atomic E-state index is -0.125. The maximum atomic E-state index is 12.0. The van der Waals surface area contributed by atoms with Crippen LogP contribution in [-0.4, -0.2) is 26.6 Å². The van der Waals surface area contributed by atoms with Gasteiger partial charge >= 0.3 is 0 Å². The molecular weight excluding hydrogens is 324 g/mol. The smallest absolute Gasteiger partial charge is 0.258 e. The van der Waals surface area contributed by atoms with Crippen molar-refractivity contribution in [1.29, 1.82) is 0 Å². The highest BCUT2D eigenvalue weighted by Crippen LogP contribution is 2.20. The number of quaternary nitrogens is 1. The van der Waals surface area contributed by atoms with E-state index in [1.54, 1.807) is 0 Å². The van der Waals surface area contributed by atoms with Crippen molar-refractivity contribution in [3.05, 3.63) is 77.9 Å². The second kappa shape index (κ2) is 8.50. The van der Waals surface area contributed by atoms with Crippen LogP contribution < -0.4 is 15.0 Å². The molecule has 0 spiro atoms. The Bertz CT molecular complexity index is 873. The molecule has 0 unspecified atom stereocenters. The fraction of sp³-hybridized carbons (Fsp3) is 0.227. The predicted molar refractivity (Wildman–Crippen MR) is 104 cm³/mol. The Morgan fingerprint density at radius 2 is 1.62 bits per heavy atom. The molecule has 3 aromatic carbocycles. The van der Waals surface area contributed by atoms with Gasteiger partial charge in [0.2, 0.25) is 0 Å². The van der Waals surface area contributed by atoms with Gasteiger partial charge in [0.05, 0.1) is 14.1 Å². The van der Waals surface area contributed by atoms with Crippen LogP contribution in [-0.2, 0) is 17.9 Å². The highest BCUT2D eigenvalue weighted by Gasteiger charge is 2.04. The molecule has 0 aliphatic heterocycles. The molecule has 1 amide bonds. The molecule has 26 heavy (non-hydrogen) atoms. The number of ether oxygens (including phenoxy) is 1. The summed E-state index contributed by atoms with van der Waals surface area (Å²) in [5.74, 6) is 0.578. The molecule has 3 rings (SSSR count). The quantitative estimate of drug-likeness (QED) is 0.687. The first-order valence-corrected chi connectivity index (χ1v) is 8.85. The number of carbonyl (C=O) groups is 1. The van der Waals surface area contributed by atoms with Crippen molar-refractivity contribution in [3.8, 4) is 5.75 Å². The van der Waals surface area contributed by atoms with Crippen LogP contribution >= 0.6 is 0 Å². The van der Waals surface area contributed by atoms with E-state index in [9.17, 15) is 4.79 Å². The Hall–Kier alpha value is -2.85. The van der Waals surface area contributed by atoms with Crippen LogP contribution in [0.3, 0.4) is 0 Å². The van der Waals surface area contributed by atoms with E-state index in [2.05, 4.69) is 49.7 Å². The summed E-state index contributed by atoms with van der Waals surface area (Å²) in [5.41, 5.74) is 2.38. The van der Waals surface area contributed by atoms with Gasteiger partial charge in [0.15, 0.2) is 6.61 Å². The van der Waals surface area contributed by atoms with E-state index in [-0.39, 0.29) is 12.5 Å². The SMILES string of the molecule is C[NH+](C)Cc1ccc(CNC(=O)COc2ccc3ccccc3c2)cc1. The second-order valence-electron chi connectivity index (χ2n) is 6.77. The third kappa shape index (κ3) is 5.07. The molecule has 0 saturated heterocycles. The number of carbonyl (C=O) groups excluding carboxylic acids is 1. The van der Waals surface area contributed by atoms with Gasteiger partial charge in [-0.1, -0.05) is 54.6 Å². The minimum Gasteiger partial charge on any atom is -0.484 e. The Morgan fingerprint density at radius 1 is 0.923 bits per heavy atom. The van der Waals surface area contributed by atoms with E-state index < -0.39 is 0 Å². The zero-order valence-corrected chi connectivity index (χ0v) is 15.3. The number of hydrogen-bond acceptors (Lipinski definition) is 2. The lowest BCUT2D eigenvalue weighted by molar-refractivity contribution is -0.872. The summed E-state index contributed by atoms with van der Waals surface area (Å²) in [4.78, 5) is 13.4. The first-order chi connectivity index (χ1) is 12.6. The molecule has 0 atom stereocenters. The maximum absolute atomic E-state index is 12.0. The average molecular weight is 349 g/mol. The summed E-state index contributed by atoms with van der Waals surface area (Å²) in [5, 5.41) is 5.16. The van der Waals surface area contributed by atoms with Crippen molar-refractivity contribution < 1.29 is 14.4 Å². The largest absolute Gasteiger partial charge is 0.484 e. The van der Waals surface area contributed by atoms with Gasteiger partial charge < -0.3 is 15.0 Å².